The summed E-state index contributed by atoms with van der Waals surface area (Å²) < 4.78 is 23.8. The van der Waals surface area contributed by atoms with Crippen LogP contribution in [0.2, 0.25) is 0 Å². The number of rotatable bonds is 67. The third-order valence-electron chi connectivity index (χ3n) is 16.5. The highest BCUT2D eigenvalue weighted by molar-refractivity contribution is 7.47. The molecule has 0 rings (SSSR count). The van der Waals surface area contributed by atoms with Gasteiger partial charge in [-0.15, -0.1) is 0 Å². The number of phosphoric acid groups is 1. The van der Waals surface area contributed by atoms with Crippen LogP contribution in [0.1, 0.15) is 354 Å². The number of aliphatic hydroxyl groups excluding tert-OH is 1. The molecule has 0 aromatic rings. The van der Waals surface area contributed by atoms with E-state index in [1.165, 1.54) is 270 Å². The predicted molar refractivity (Wildman–Crippen MR) is 364 cm³/mol. The molecule has 0 saturated carbocycles. The smallest absolute Gasteiger partial charge is 0.387 e. The van der Waals surface area contributed by atoms with Crippen LogP contribution >= 0.6 is 7.82 Å². The Morgan fingerprint density at radius 1 is 0.422 bits per heavy atom. The number of nitrogens with one attached hydrogen (secondary N) is 1. The van der Waals surface area contributed by atoms with Crippen molar-refractivity contribution in [1.29, 1.82) is 0 Å². The van der Waals surface area contributed by atoms with Crippen molar-refractivity contribution in [1.82, 2.24) is 5.32 Å². The third-order valence-corrected chi connectivity index (χ3v) is 17.5. The summed E-state index contributed by atoms with van der Waals surface area (Å²) in [5.41, 5.74) is 0. The number of aliphatic hydroxyl groups is 1. The maximum absolute atomic E-state index is 13.1. The van der Waals surface area contributed by atoms with Crippen molar-refractivity contribution in [2.45, 2.75) is 366 Å². The van der Waals surface area contributed by atoms with Gasteiger partial charge in [0.1, 0.15) is 13.2 Å². The molecule has 0 aromatic carbocycles. The monoisotopic (exact) mass is 1190 g/mol. The average molecular weight is 1190 g/mol. The minimum atomic E-state index is -4.36. The molecule has 488 valence electrons. The Labute approximate surface area is 517 Å². The number of allylic oxidation sites excluding steroid dienone is 9. The fourth-order valence-electron chi connectivity index (χ4n) is 10.9. The number of carbonyl (C=O) groups is 1. The van der Waals surface area contributed by atoms with E-state index in [1.54, 1.807) is 6.08 Å². The summed E-state index contributed by atoms with van der Waals surface area (Å²) in [6.45, 7) is 4.75. The second-order valence-electron chi connectivity index (χ2n) is 25.9. The highest BCUT2D eigenvalue weighted by Crippen LogP contribution is 2.43. The number of carbonyl (C=O) groups excluding carboxylic acids is 1. The molecule has 3 N–H and O–H groups in total. The van der Waals surface area contributed by atoms with Crippen molar-refractivity contribution in [2.75, 3.05) is 40.9 Å². The first-order chi connectivity index (χ1) is 40.5. The van der Waals surface area contributed by atoms with E-state index in [9.17, 15) is 19.4 Å². The SMILES string of the molecule is CC/C=C\C/C=C\C/C=C\C/C=C\CCCCCCCCCCCCCCCCCCC(=O)NC(COP(=O)(O)OCC[N+](C)(C)C)C(O)/C=C/CCCCCCCCCCCCCCCCCCCCCCCCCCCCCCCC. The van der Waals surface area contributed by atoms with Crippen LogP contribution in [0.25, 0.3) is 0 Å². The van der Waals surface area contributed by atoms with Crippen molar-refractivity contribution in [2.24, 2.45) is 0 Å². The van der Waals surface area contributed by atoms with Crippen LogP contribution < -0.4 is 5.32 Å². The zero-order chi connectivity index (χ0) is 60.5. The van der Waals surface area contributed by atoms with Gasteiger partial charge in [-0.25, -0.2) is 4.57 Å². The lowest BCUT2D eigenvalue weighted by molar-refractivity contribution is -0.870. The lowest BCUT2D eigenvalue weighted by Gasteiger charge is -2.25. The number of hydrogen-bond donors (Lipinski definition) is 3. The van der Waals surface area contributed by atoms with Crippen molar-refractivity contribution in [3.63, 3.8) is 0 Å². The molecule has 83 heavy (non-hydrogen) atoms. The Morgan fingerprint density at radius 2 is 0.723 bits per heavy atom. The van der Waals surface area contributed by atoms with Crippen LogP contribution in [0.5, 0.6) is 0 Å². The van der Waals surface area contributed by atoms with Gasteiger partial charge < -0.3 is 19.8 Å². The molecule has 0 aromatic heterocycles. The first-order valence-electron chi connectivity index (χ1n) is 36.2. The molecule has 0 radical (unpaired) electrons. The summed E-state index contributed by atoms with van der Waals surface area (Å²) in [6, 6.07) is -0.850. The van der Waals surface area contributed by atoms with Gasteiger partial charge >= 0.3 is 7.82 Å². The van der Waals surface area contributed by atoms with Crippen molar-refractivity contribution in [3.05, 3.63) is 60.8 Å². The third kappa shape index (κ3) is 67.6. The number of amides is 1. The Bertz CT molecular complexity index is 1540. The predicted octanol–water partition coefficient (Wildman–Crippen LogP) is 23.2. The molecule has 0 aliphatic carbocycles. The maximum Gasteiger partial charge on any atom is 0.472 e. The number of phosphoric ester groups is 1. The molecule has 3 unspecified atom stereocenters. The van der Waals surface area contributed by atoms with E-state index < -0.39 is 20.0 Å². The quantitative estimate of drug-likeness (QED) is 0.0243. The van der Waals surface area contributed by atoms with E-state index in [0.717, 1.165) is 64.2 Å². The van der Waals surface area contributed by atoms with Crippen molar-refractivity contribution < 1.29 is 32.9 Å². The lowest BCUT2D eigenvalue weighted by atomic mass is 10.0. The summed E-state index contributed by atoms with van der Waals surface area (Å²) in [6.07, 6.45) is 89.5. The van der Waals surface area contributed by atoms with Gasteiger partial charge in [-0.05, 0) is 57.8 Å². The highest BCUT2D eigenvalue weighted by atomic mass is 31.2. The number of nitrogens with zero attached hydrogens (tertiary/aromatic N) is 1. The molecule has 0 spiro atoms. The van der Waals surface area contributed by atoms with Crippen LogP contribution in [-0.2, 0) is 18.4 Å². The van der Waals surface area contributed by atoms with E-state index in [1.807, 2.05) is 27.2 Å². The fraction of sp³-hybridized carbons (Fsp3) is 0.851. The Kier molecular flexibility index (Phi) is 63.3. The van der Waals surface area contributed by atoms with Crippen LogP contribution in [-0.4, -0.2) is 73.4 Å². The molecular weight excluding hydrogens is 1040 g/mol. The Morgan fingerprint density at radius 3 is 1.06 bits per heavy atom. The summed E-state index contributed by atoms with van der Waals surface area (Å²) >= 11 is 0. The van der Waals surface area contributed by atoms with E-state index >= 15 is 0 Å². The standard InChI is InChI=1S/C74H141N2O6P/c1-6-8-10-12-14-16-18-20-22-24-26-28-30-32-34-36-37-38-40-41-43-45-47-49-51-53-55-57-59-61-63-65-67-73(77)72(71-82-83(79,80)81-70-69-76(3,4)5)75-74(78)68-66-64-62-60-58-56-54-52-50-48-46-44-42-39-35-33-31-29-27-25-23-21-19-17-15-13-11-9-7-2/h9,11,15,17,21,23,27,29,65,67,72-73,77H,6-8,10,12-14,16,18-20,22,24-26,28,30-64,66,68-71H2,1-5H3,(H-,75,78,79,80)/p+1/b11-9-,17-15-,23-21-,29-27-,67-65+. The van der Waals surface area contributed by atoms with Crippen LogP contribution in [0.15, 0.2) is 60.8 Å². The zero-order valence-electron chi connectivity index (χ0n) is 55.9. The fourth-order valence-corrected chi connectivity index (χ4v) is 11.7. The minimum absolute atomic E-state index is 0.0616. The largest absolute Gasteiger partial charge is 0.472 e. The highest BCUT2D eigenvalue weighted by Gasteiger charge is 2.28. The molecule has 0 heterocycles. The first kappa shape index (κ1) is 81.2. The molecule has 0 saturated heterocycles. The molecule has 0 aliphatic rings. The van der Waals surface area contributed by atoms with Crippen molar-refractivity contribution in [3.8, 4) is 0 Å². The second-order valence-corrected chi connectivity index (χ2v) is 27.4. The summed E-state index contributed by atoms with van der Waals surface area (Å²) in [4.78, 5) is 23.4. The molecule has 9 heteroatoms. The summed E-state index contributed by atoms with van der Waals surface area (Å²) in [7, 11) is 1.58. The van der Waals surface area contributed by atoms with Gasteiger partial charge in [0.05, 0.1) is 39.9 Å². The maximum atomic E-state index is 13.1. The molecule has 0 bridgehead atoms. The van der Waals surface area contributed by atoms with E-state index in [4.69, 9.17) is 9.05 Å². The molecule has 8 nitrogen and oxygen atoms in total. The van der Waals surface area contributed by atoms with Gasteiger partial charge in [0, 0.05) is 6.42 Å². The molecule has 3 atom stereocenters. The second kappa shape index (κ2) is 64.7. The average Bonchev–Trinajstić information content (AvgIpc) is 3.50. The Balaban J connectivity index is 4.03. The van der Waals surface area contributed by atoms with Crippen LogP contribution in [0.3, 0.4) is 0 Å². The van der Waals surface area contributed by atoms with Gasteiger partial charge in [-0.1, -0.05) is 351 Å². The Hall–Kier alpha value is -1.80. The number of quaternary nitrogens is 1. The first-order valence-corrected chi connectivity index (χ1v) is 37.7. The topological polar surface area (TPSA) is 105 Å². The molecule has 0 aliphatic heterocycles. The van der Waals surface area contributed by atoms with E-state index in [-0.39, 0.29) is 19.1 Å². The van der Waals surface area contributed by atoms with Crippen molar-refractivity contribution >= 4 is 13.7 Å². The zero-order valence-corrected chi connectivity index (χ0v) is 56.8. The number of hydrogen-bond acceptors (Lipinski definition) is 5. The lowest BCUT2D eigenvalue weighted by Crippen LogP contribution is -2.45. The normalized spacial score (nSPS) is 14.0. The summed E-state index contributed by atoms with van der Waals surface area (Å²) in [5.74, 6) is -0.173. The van der Waals surface area contributed by atoms with Gasteiger partial charge in [0.25, 0.3) is 0 Å². The van der Waals surface area contributed by atoms with E-state index in [0.29, 0.717) is 17.4 Å². The molecule has 1 amide bonds. The van der Waals surface area contributed by atoms with E-state index in [2.05, 4.69) is 67.8 Å². The van der Waals surface area contributed by atoms with Gasteiger partial charge in [-0.3, -0.25) is 13.8 Å². The molecular formula is C74H142N2O6P+. The van der Waals surface area contributed by atoms with Gasteiger partial charge in [0.15, 0.2) is 0 Å². The minimum Gasteiger partial charge on any atom is -0.387 e. The number of likely N-dealkylation sites (N-methyl/N-ethyl adjacent to an activating group) is 1. The van der Waals surface area contributed by atoms with Gasteiger partial charge in [0.2, 0.25) is 5.91 Å². The van der Waals surface area contributed by atoms with Gasteiger partial charge in [-0.2, -0.15) is 0 Å². The number of unbranched alkanes of at least 4 members (excludes halogenated alkanes) is 46. The van der Waals surface area contributed by atoms with Crippen LogP contribution in [0.4, 0.5) is 0 Å². The van der Waals surface area contributed by atoms with Crippen LogP contribution in [0, 0.1) is 0 Å². The summed E-state index contributed by atoms with van der Waals surface area (Å²) in [5, 5.41) is 14.0. The molecule has 0 fully saturated rings.